The lowest BCUT2D eigenvalue weighted by molar-refractivity contribution is -0.153. The van der Waals surface area contributed by atoms with E-state index < -0.39 is 16.8 Å². The molecule has 0 rings (SSSR count). The van der Waals surface area contributed by atoms with Crippen molar-refractivity contribution in [3.8, 4) is 0 Å². The molecule has 0 aliphatic heterocycles. The van der Waals surface area contributed by atoms with E-state index in [1.54, 1.807) is 0 Å². The SMILES string of the molecule is CCCCCCCCCCOC(=O)C(Br)C(=O)OCCCCCCCCCC. The van der Waals surface area contributed by atoms with E-state index in [0.29, 0.717) is 13.2 Å². The molecule has 0 unspecified atom stereocenters. The number of hydrogen-bond acceptors (Lipinski definition) is 4. The van der Waals surface area contributed by atoms with Crippen LogP contribution in [0, 0.1) is 0 Å². The predicted octanol–water partition coefficient (Wildman–Crippen LogP) is 7.12. The Morgan fingerprint density at radius 1 is 0.571 bits per heavy atom. The smallest absolute Gasteiger partial charge is 0.331 e. The van der Waals surface area contributed by atoms with Gasteiger partial charge in [0.1, 0.15) is 0 Å². The molecule has 5 heteroatoms. The fourth-order valence-corrected chi connectivity index (χ4v) is 3.32. The minimum absolute atomic E-state index is 0.376. The molecule has 0 aromatic rings. The topological polar surface area (TPSA) is 52.6 Å². The van der Waals surface area contributed by atoms with Crippen molar-refractivity contribution in [1.82, 2.24) is 0 Å². The largest absolute Gasteiger partial charge is 0.464 e. The third kappa shape index (κ3) is 17.5. The van der Waals surface area contributed by atoms with Crippen LogP contribution in [0.5, 0.6) is 0 Å². The molecular weight excluding hydrogens is 420 g/mol. The maximum atomic E-state index is 11.9. The molecular formula is C23H43BrO4. The van der Waals surface area contributed by atoms with E-state index in [9.17, 15) is 9.59 Å². The van der Waals surface area contributed by atoms with Crippen LogP contribution in [-0.2, 0) is 19.1 Å². The summed E-state index contributed by atoms with van der Waals surface area (Å²) in [4.78, 5) is 22.8. The highest BCUT2D eigenvalue weighted by Gasteiger charge is 2.26. The summed E-state index contributed by atoms with van der Waals surface area (Å²) in [7, 11) is 0. The van der Waals surface area contributed by atoms with Gasteiger partial charge >= 0.3 is 11.9 Å². The Balaban J connectivity index is 3.52. The summed E-state index contributed by atoms with van der Waals surface area (Å²) < 4.78 is 10.4. The molecule has 0 aromatic carbocycles. The monoisotopic (exact) mass is 462 g/mol. The molecule has 0 aliphatic rings. The maximum Gasteiger partial charge on any atom is 0.331 e. The van der Waals surface area contributed by atoms with Gasteiger partial charge in [-0.1, -0.05) is 120 Å². The van der Waals surface area contributed by atoms with Crippen LogP contribution in [-0.4, -0.2) is 30.0 Å². The molecule has 0 aliphatic carbocycles. The van der Waals surface area contributed by atoms with E-state index in [-0.39, 0.29) is 0 Å². The molecule has 0 radical (unpaired) electrons. The van der Waals surface area contributed by atoms with E-state index in [0.717, 1.165) is 25.7 Å². The lowest BCUT2D eigenvalue weighted by atomic mass is 10.1. The number of rotatable bonds is 20. The molecule has 0 heterocycles. The maximum absolute atomic E-state index is 11.9. The molecule has 0 aromatic heterocycles. The third-order valence-corrected chi connectivity index (χ3v) is 5.65. The fourth-order valence-electron chi connectivity index (χ4n) is 3.06. The molecule has 0 fully saturated rings. The van der Waals surface area contributed by atoms with Crippen LogP contribution in [0.4, 0.5) is 0 Å². The number of ether oxygens (including phenoxy) is 2. The minimum Gasteiger partial charge on any atom is -0.464 e. The second-order valence-corrected chi connectivity index (χ2v) is 8.56. The van der Waals surface area contributed by atoms with Gasteiger partial charge in [-0.25, -0.2) is 0 Å². The Kier molecular flexibility index (Phi) is 20.7. The van der Waals surface area contributed by atoms with Crippen LogP contribution in [0.1, 0.15) is 117 Å². The standard InChI is InChI=1S/C23H43BrO4/c1-3-5-7-9-11-13-15-17-19-27-22(25)21(24)23(26)28-20-18-16-14-12-10-8-6-4-2/h21H,3-20H2,1-2H3. The number of carbonyl (C=O) groups is 2. The Hall–Kier alpha value is -0.580. The molecule has 0 bridgehead atoms. The molecule has 28 heavy (non-hydrogen) atoms. The van der Waals surface area contributed by atoms with Crippen molar-refractivity contribution >= 4 is 27.9 Å². The molecule has 0 amide bonds. The lowest BCUT2D eigenvalue weighted by Gasteiger charge is -2.10. The van der Waals surface area contributed by atoms with Gasteiger partial charge in [-0.05, 0) is 12.8 Å². The fraction of sp³-hybridized carbons (Fsp3) is 0.913. The molecule has 0 spiro atoms. The second kappa shape index (κ2) is 21.1. The first-order valence-electron chi connectivity index (χ1n) is 11.6. The highest BCUT2D eigenvalue weighted by Crippen LogP contribution is 2.11. The molecule has 4 nitrogen and oxygen atoms in total. The summed E-state index contributed by atoms with van der Waals surface area (Å²) in [6.07, 6.45) is 19.1. The van der Waals surface area contributed by atoms with Crippen LogP contribution in [0.25, 0.3) is 0 Å². The first kappa shape index (κ1) is 27.4. The van der Waals surface area contributed by atoms with E-state index in [1.165, 1.54) is 77.0 Å². The van der Waals surface area contributed by atoms with Gasteiger partial charge in [-0.15, -0.1) is 0 Å². The van der Waals surface area contributed by atoms with E-state index >= 15 is 0 Å². The van der Waals surface area contributed by atoms with Gasteiger partial charge in [0.15, 0.2) is 0 Å². The lowest BCUT2D eigenvalue weighted by Crippen LogP contribution is -2.28. The number of alkyl halides is 1. The number of halogens is 1. The third-order valence-electron chi connectivity index (χ3n) is 4.90. The van der Waals surface area contributed by atoms with Crippen molar-refractivity contribution in [1.29, 1.82) is 0 Å². The highest BCUT2D eigenvalue weighted by molar-refractivity contribution is 9.10. The van der Waals surface area contributed by atoms with Crippen LogP contribution >= 0.6 is 15.9 Å². The second-order valence-electron chi connectivity index (χ2n) is 7.65. The zero-order valence-electron chi connectivity index (χ0n) is 18.3. The predicted molar refractivity (Wildman–Crippen MR) is 120 cm³/mol. The van der Waals surface area contributed by atoms with Crippen molar-refractivity contribution in [2.24, 2.45) is 0 Å². The Bertz CT molecular complexity index is 340. The number of carbonyl (C=O) groups excluding carboxylic acids is 2. The number of esters is 2. The Morgan fingerprint density at radius 3 is 1.18 bits per heavy atom. The van der Waals surface area contributed by atoms with Gasteiger partial charge in [0.25, 0.3) is 0 Å². The van der Waals surface area contributed by atoms with Crippen LogP contribution in [0.2, 0.25) is 0 Å². The van der Waals surface area contributed by atoms with Crippen molar-refractivity contribution in [2.45, 2.75) is 121 Å². The minimum atomic E-state index is -1.00. The van der Waals surface area contributed by atoms with Gasteiger partial charge in [0.05, 0.1) is 13.2 Å². The zero-order chi connectivity index (χ0) is 20.9. The van der Waals surface area contributed by atoms with E-state index in [4.69, 9.17) is 9.47 Å². The van der Waals surface area contributed by atoms with Crippen LogP contribution in [0.3, 0.4) is 0 Å². The van der Waals surface area contributed by atoms with Gasteiger partial charge < -0.3 is 9.47 Å². The van der Waals surface area contributed by atoms with E-state index in [1.807, 2.05) is 0 Å². The summed E-state index contributed by atoms with van der Waals surface area (Å²) in [5.41, 5.74) is 0. The Morgan fingerprint density at radius 2 is 0.857 bits per heavy atom. The van der Waals surface area contributed by atoms with Crippen molar-refractivity contribution in [3.63, 3.8) is 0 Å². The average Bonchev–Trinajstić information content (AvgIpc) is 2.70. The molecule has 0 N–H and O–H groups in total. The molecule has 0 atom stereocenters. The first-order chi connectivity index (χ1) is 13.6. The quantitative estimate of drug-likeness (QED) is 0.0835. The van der Waals surface area contributed by atoms with Gasteiger partial charge in [-0.3, -0.25) is 9.59 Å². The molecule has 166 valence electrons. The molecule has 0 saturated heterocycles. The zero-order valence-corrected chi connectivity index (χ0v) is 19.9. The van der Waals surface area contributed by atoms with Crippen LogP contribution < -0.4 is 0 Å². The normalized spacial score (nSPS) is 11.0. The summed E-state index contributed by atoms with van der Waals surface area (Å²) in [6.45, 7) is 5.19. The summed E-state index contributed by atoms with van der Waals surface area (Å²) in [6, 6.07) is 0. The van der Waals surface area contributed by atoms with Gasteiger partial charge in [0, 0.05) is 0 Å². The van der Waals surface area contributed by atoms with Crippen molar-refractivity contribution in [3.05, 3.63) is 0 Å². The van der Waals surface area contributed by atoms with Crippen LogP contribution in [0.15, 0.2) is 0 Å². The number of hydrogen-bond donors (Lipinski definition) is 0. The van der Waals surface area contributed by atoms with E-state index in [2.05, 4.69) is 29.8 Å². The Labute approximate surface area is 181 Å². The van der Waals surface area contributed by atoms with Gasteiger partial charge in [-0.2, -0.15) is 0 Å². The summed E-state index contributed by atoms with van der Waals surface area (Å²) in [5.74, 6) is -1.08. The highest BCUT2D eigenvalue weighted by atomic mass is 79.9. The average molecular weight is 463 g/mol. The number of unbranched alkanes of at least 4 members (excludes halogenated alkanes) is 14. The summed E-state index contributed by atoms with van der Waals surface area (Å²) in [5, 5.41) is 0. The van der Waals surface area contributed by atoms with Crippen molar-refractivity contribution < 1.29 is 19.1 Å². The first-order valence-corrected chi connectivity index (χ1v) is 12.5. The van der Waals surface area contributed by atoms with Crippen molar-refractivity contribution in [2.75, 3.05) is 13.2 Å². The van der Waals surface area contributed by atoms with Gasteiger partial charge in [0.2, 0.25) is 4.83 Å². The molecule has 0 saturated carbocycles. The summed E-state index contributed by atoms with van der Waals surface area (Å²) >= 11 is 3.10.